The SMILES string of the molecule is c1ccc2c(c1)oc1cc(-n3c4ccccc4c4c3ccc3c5ccccc5n(-c5cccc6oc7ccccc7c56)c34)ccc12. The van der Waals surface area contributed by atoms with Gasteiger partial charge in [0, 0.05) is 49.5 Å². The summed E-state index contributed by atoms with van der Waals surface area (Å²) in [5.41, 5.74) is 10.4. The first-order chi connectivity index (χ1) is 22.8. The number of aromatic nitrogens is 2. The van der Waals surface area contributed by atoms with Crippen LogP contribution in [0.15, 0.2) is 154 Å². The van der Waals surface area contributed by atoms with E-state index in [1.807, 2.05) is 18.2 Å². The van der Waals surface area contributed by atoms with Crippen molar-refractivity contribution in [1.29, 1.82) is 0 Å². The highest BCUT2D eigenvalue weighted by atomic mass is 16.3. The summed E-state index contributed by atoms with van der Waals surface area (Å²) in [5.74, 6) is 0. The van der Waals surface area contributed by atoms with Gasteiger partial charge in [0.05, 0.1) is 33.1 Å². The molecule has 0 aliphatic rings. The molecular weight excluding hydrogens is 564 g/mol. The third-order valence-corrected chi connectivity index (χ3v) is 9.71. The lowest BCUT2D eigenvalue weighted by Crippen LogP contribution is -1.96. The molecule has 0 atom stereocenters. The molecule has 0 aliphatic heterocycles. The van der Waals surface area contributed by atoms with Crippen LogP contribution in [0.4, 0.5) is 0 Å². The fraction of sp³-hybridized carbons (Fsp3) is 0. The summed E-state index contributed by atoms with van der Waals surface area (Å²) in [7, 11) is 0. The zero-order chi connectivity index (χ0) is 29.9. The fourth-order valence-electron chi connectivity index (χ4n) is 7.83. The number of benzene rings is 7. The van der Waals surface area contributed by atoms with Crippen LogP contribution in [0, 0.1) is 0 Å². The van der Waals surface area contributed by atoms with E-state index in [0.29, 0.717) is 0 Å². The second kappa shape index (κ2) is 8.68. The number of rotatable bonds is 2. The highest BCUT2D eigenvalue weighted by Gasteiger charge is 2.23. The van der Waals surface area contributed by atoms with E-state index in [4.69, 9.17) is 8.83 Å². The van der Waals surface area contributed by atoms with Gasteiger partial charge < -0.3 is 18.0 Å². The first-order valence-corrected chi connectivity index (χ1v) is 15.6. The molecule has 11 aromatic rings. The maximum atomic E-state index is 6.37. The van der Waals surface area contributed by atoms with Gasteiger partial charge in [-0.1, -0.05) is 84.9 Å². The van der Waals surface area contributed by atoms with Crippen molar-refractivity contribution in [3.8, 4) is 11.4 Å². The highest BCUT2D eigenvalue weighted by molar-refractivity contribution is 6.27. The molecule has 0 bridgehead atoms. The van der Waals surface area contributed by atoms with Crippen molar-refractivity contribution in [3.05, 3.63) is 146 Å². The molecule has 0 amide bonds. The van der Waals surface area contributed by atoms with E-state index in [9.17, 15) is 0 Å². The van der Waals surface area contributed by atoms with Crippen LogP contribution >= 0.6 is 0 Å². The van der Waals surface area contributed by atoms with Crippen LogP contribution in [0.5, 0.6) is 0 Å². The average molecular weight is 589 g/mol. The molecule has 4 heterocycles. The van der Waals surface area contributed by atoms with Crippen molar-refractivity contribution in [2.45, 2.75) is 0 Å². The smallest absolute Gasteiger partial charge is 0.137 e. The van der Waals surface area contributed by atoms with Crippen LogP contribution in [0.3, 0.4) is 0 Å². The summed E-state index contributed by atoms with van der Waals surface area (Å²) < 4.78 is 17.5. The van der Waals surface area contributed by atoms with E-state index < -0.39 is 0 Å². The van der Waals surface area contributed by atoms with Crippen LogP contribution in [0.2, 0.25) is 0 Å². The van der Waals surface area contributed by atoms with Crippen LogP contribution in [0.25, 0.3) is 98.9 Å². The first kappa shape index (κ1) is 24.1. The molecule has 214 valence electrons. The van der Waals surface area contributed by atoms with E-state index in [-0.39, 0.29) is 0 Å². The van der Waals surface area contributed by atoms with E-state index in [2.05, 4.69) is 137 Å². The molecule has 0 N–H and O–H groups in total. The molecule has 0 radical (unpaired) electrons. The molecule has 4 heteroatoms. The Kier molecular flexibility index (Phi) is 4.55. The minimum Gasteiger partial charge on any atom is -0.456 e. The number of nitrogens with zero attached hydrogens (tertiary/aromatic N) is 2. The van der Waals surface area contributed by atoms with Crippen molar-refractivity contribution in [2.24, 2.45) is 0 Å². The summed E-state index contributed by atoms with van der Waals surface area (Å²) in [6.45, 7) is 0. The fourth-order valence-corrected chi connectivity index (χ4v) is 7.83. The van der Waals surface area contributed by atoms with E-state index >= 15 is 0 Å². The summed E-state index contributed by atoms with van der Waals surface area (Å²) >= 11 is 0. The number of furan rings is 2. The summed E-state index contributed by atoms with van der Waals surface area (Å²) in [5, 5.41) is 9.39. The topological polar surface area (TPSA) is 36.1 Å². The zero-order valence-electron chi connectivity index (χ0n) is 24.6. The Labute approximate surface area is 261 Å². The molecular formula is C42H24N2O2. The Balaban J connectivity index is 1.31. The van der Waals surface area contributed by atoms with Gasteiger partial charge in [-0.25, -0.2) is 0 Å². The van der Waals surface area contributed by atoms with Crippen molar-refractivity contribution in [2.75, 3.05) is 0 Å². The monoisotopic (exact) mass is 588 g/mol. The van der Waals surface area contributed by atoms with Gasteiger partial charge in [-0.2, -0.15) is 0 Å². The summed E-state index contributed by atoms with van der Waals surface area (Å²) in [6.07, 6.45) is 0. The van der Waals surface area contributed by atoms with Crippen molar-refractivity contribution < 1.29 is 8.83 Å². The standard InChI is InChI=1S/C42H24N2O2/c1-5-14-32-26(10-1)29-22-23-35-41(42(29)44(32)34-16-9-19-38-40(34)31-13-4-8-18-37(31)45-38)30-12-2-6-15-33(30)43(35)25-20-21-28-27-11-3-7-17-36(27)46-39(28)24-25/h1-24H. The molecule has 4 nitrogen and oxygen atoms in total. The maximum Gasteiger partial charge on any atom is 0.137 e. The highest BCUT2D eigenvalue weighted by Crippen LogP contribution is 2.44. The van der Waals surface area contributed by atoms with E-state index in [1.165, 1.54) is 32.6 Å². The van der Waals surface area contributed by atoms with Gasteiger partial charge in [-0.15, -0.1) is 0 Å². The van der Waals surface area contributed by atoms with Gasteiger partial charge in [0.1, 0.15) is 22.3 Å². The summed E-state index contributed by atoms with van der Waals surface area (Å²) in [6, 6.07) is 51.6. The second-order valence-electron chi connectivity index (χ2n) is 12.1. The maximum absolute atomic E-state index is 6.37. The van der Waals surface area contributed by atoms with Gasteiger partial charge in [-0.3, -0.25) is 0 Å². The molecule has 0 saturated heterocycles. The second-order valence-corrected chi connectivity index (χ2v) is 12.1. The van der Waals surface area contributed by atoms with Gasteiger partial charge in [0.15, 0.2) is 0 Å². The largest absolute Gasteiger partial charge is 0.456 e. The van der Waals surface area contributed by atoms with Crippen LogP contribution in [-0.4, -0.2) is 9.13 Å². The molecule has 46 heavy (non-hydrogen) atoms. The van der Waals surface area contributed by atoms with Crippen molar-refractivity contribution in [1.82, 2.24) is 9.13 Å². The number of hydrogen-bond donors (Lipinski definition) is 0. The molecule has 11 rings (SSSR count). The lowest BCUT2D eigenvalue weighted by Gasteiger charge is -2.11. The predicted molar refractivity (Wildman–Crippen MR) is 190 cm³/mol. The van der Waals surface area contributed by atoms with E-state index in [1.54, 1.807) is 0 Å². The molecule has 0 fully saturated rings. The minimum atomic E-state index is 0.887. The van der Waals surface area contributed by atoms with Crippen molar-refractivity contribution in [3.63, 3.8) is 0 Å². The van der Waals surface area contributed by atoms with Crippen LogP contribution in [-0.2, 0) is 0 Å². The molecule has 0 aliphatic carbocycles. The van der Waals surface area contributed by atoms with Crippen LogP contribution in [0.1, 0.15) is 0 Å². The molecule has 0 saturated carbocycles. The number of fused-ring (bicyclic) bond motifs is 13. The molecule has 7 aromatic carbocycles. The lowest BCUT2D eigenvalue weighted by molar-refractivity contribution is 0.668. The molecule has 0 spiro atoms. The van der Waals surface area contributed by atoms with Gasteiger partial charge in [-0.05, 0) is 54.6 Å². The Hall–Kier alpha value is -6.26. The quantitative estimate of drug-likeness (QED) is 0.201. The van der Waals surface area contributed by atoms with Crippen LogP contribution < -0.4 is 0 Å². The number of hydrogen-bond acceptors (Lipinski definition) is 2. The van der Waals surface area contributed by atoms with Gasteiger partial charge in [0.25, 0.3) is 0 Å². The third-order valence-electron chi connectivity index (χ3n) is 9.71. The van der Waals surface area contributed by atoms with Gasteiger partial charge in [0.2, 0.25) is 0 Å². The Morgan fingerprint density at radius 2 is 0.957 bits per heavy atom. The first-order valence-electron chi connectivity index (χ1n) is 15.6. The molecule has 0 unspecified atom stereocenters. The molecule has 4 aromatic heterocycles. The normalized spacial score (nSPS) is 12.3. The zero-order valence-corrected chi connectivity index (χ0v) is 24.6. The van der Waals surface area contributed by atoms with E-state index in [0.717, 1.165) is 66.3 Å². The Bertz CT molecular complexity index is 3040. The Morgan fingerprint density at radius 3 is 1.80 bits per heavy atom. The van der Waals surface area contributed by atoms with Crippen molar-refractivity contribution >= 4 is 87.5 Å². The number of para-hydroxylation sites is 4. The average Bonchev–Trinajstić information content (AvgIpc) is 3.85. The van der Waals surface area contributed by atoms with Gasteiger partial charge >= 0.3 is 0 Å². The minimum absolute atomic E-state index is 0.887. The Morgan fingerprint density at radius 1 is 0.348 bits per heavy atom. The summed E-state index contributed by atoms with van der Waals surface area (Å²) in [4.78, 5) is 0. The predicted octanol–water partition coefficient (Wildman–Crippen LogP) is 11.7. The third kappa shape index (κ3) is 3.03. The lowest BCUT2D eigenvalue weighted by atomic mass is 10.1.